The number of halogens is 3. The first kappa shape index (κ1) is 13.4. The van der Waals surface area contributed by atoms with Gasteiger partial charge in [0.1, 0.15) is 6.04 Å². The minimum absolute atomic E-state index is 0.0959. The van der Waals surface area contributed by atoms with Crippen LogP contribution >= 0.6 is 43.5 Å². The Bertz CT molecular complexity index is 637. The zero-order valence-electron chi connectivity index (χ0n) is 9.84. The number of rotatable bonds is 0. The molecular weight excluding hydrogens is 393 g/mol. The SMILES string of the molecule is O=C1c2c(Br)cc(Cl)cc2CCC2=CC(Br)=CNC12. The Hall–Kier alpha value is -0.580. The first-order valence-electron chi connectivity index (χ1n) is 5.90. The zero-order valence-corrected chi connectivity index (χ0v) is 13.8. The fourth-order valence-corrected chi connectivity index (χ4v) is 4.05. The van der Waals surface area contributed by atoms with Crippen molar-refractivity contribution in [2.45, 2.75) is 18.9 Å². The number of hydrogen-bond acceptors (Lipinski definition) is 2. The number of hydrogen-bond donors (Lipinski definition) is 1. The number of ketones is 1. The molecule has 1 aliphatic heterocycles. The number of dihydropyridines is 1. The number of carbonyl (C=O) groups is 1. The summed E-state index contributed by atoms with van der Waals surface area (Å²) < 4.78 is 1.74. The molecule has 0 saturated carbocycles. The van der Waals surface area contributed by atoms with Crippen LogP contribution in [-0.4, -0.2) is 11.8 Å². The van der Waals surface area contributed by atoms with E-state index in [2.05, 4.69) is 37.2 Å². The van der Waals surface area contributed by atoms with Crippen molar-refractivity contribution in [1.82, 2.24) is 5.32 Å². The van der Waals surface area contributed by atoms with Gasteiger partial charge in [0, 0.05) is 25.7 Å². The third-order valence-electron chi connectivity index (χ3n) is 3.41. The van der Waals surface area contributed by atoms with Crippen molar-refractivity contribution in [2.24, 2.45) is 0 Å². The molecule has 3 rings (SSSR count). The Morgan fingerprint density at radius 1 is 1.26 bits per heavy atom. The maximum Gasteiger partial charge on any atom is 0.190 e. The second-order valence-corrected chi connectivity index (χ2v) is 6.84. The van der Waals surface area contributed by atoms with Crippen LogP contribution in [0.5, 0.6) is 0 Å². The number of aryl methyl sites for hydroxylation is 1. The largest absolute Gasteiger partial charge is 0.377 e. The van der Waals surface area contributed by atoms with Crippen LogP contribution < -0.4 is 5.32 Å². The Balaban J connectivity index is 2.12. The van der Waals surface area contributed by atoms with Crippen LogP contribution in [0.2, 0.25) is 5.02 Å². The highest BCUT2D eigenvalue weighted by atomic mass is 79.9. The molecule has 2 nitrogen and oxygen atoms in total. The Kier molecular flexibility index (Phi) is 3.58. The summed E-state index contributed by atoms with van der Waals surface area (Å²) in [6.45, 7) is 0. The molecule has 1 heterocycles. The van der Waals surface area contributed by atoms with E-state index in [4.69, 9.17) is 11.6 Å². The molecule has 0 spiro atoms. The molecule has 1 aromatic carbocycles. The molecule has 1 aromatic rings. The Morgan fingerprint density at radius 2 is 2.05 bits per heavy atom. The van der Waals surface area contributed by atoms with E-state index in [1.165, 1.54) is 0 Å². The third-order valence-corrected chi connectivity index (χ3v) is 4.71. The lowest BCUT2D eigenvalue weighted by molar-refractivity contribution is 0.0963. The monoisotopic (exact) mass is 401 g/mol. The lowest BCUT2D eigenvalue weighted by atomic mass is 9.97. The molecule has 1 aliphatic carbocycles. The van der Waals surface area contributed by atoms with Gasteiger partial charge in [-0.25, -0.2) is 0 Å². The van der Waals surface area contributed by atoms with E-state index >= 15 is 0 Å². The smallest absolute Gasteiger partial charge is 0.190 e. The van der Waals surface area contributed by atoms with Gasteiger partial charge in [0.2, 0.25) is 0 Å². The third kappa shape index (κ3) is 2.41. The van der Waals surface area contributed by atoms with Crippen molar-refractivity contribution in [3.05, 3.63) is 55.1 Å². The number of fused-ring (bicyclic) bond motifs is 2. The van der Waals surface area contributed by atoms with E-state index in [0.29, 0.717) is 5.02 Å². The molecule has 1 N–H and O–H groups in total. The van der Waals surface area contributed by atoms with Crippen LogP contribution in [0.25, 0.3) is 0 Å². The molecule has 1 unspecified atom stereocenters. The van der Waals surface area contributed by atoms with Gasteiger partial charge in [0.25, 0.3) is 0 Å². The van der Waals surface area contributed by atoms with E-state index < -0.39 is 0 Å². The van der Waals surface area contributed by atoms with Gasteiger partial charge in [0.05, 0.1) is 0 Å². The maximum absolute atomic E-state index is 12.7. The molecule has 98 valence electrons. The van der Waals surface area contributed by atoms with Crippen molar-refractivity contribution in [3.63, 3.8) is 0 Å². The first-order valence-corrected chi connectivity index (χ1v) is 7.87. The van der Waals surface area contributed by atoms with Crippen LogP contribution in [-0.2, 0) is 6.42 Å². The molecule has 2 aliphatic rings. The summed E-state index contributed by atoms with van der Waals surface area (Å²) in [5.41, 5.74) is 2.87. The van der Waals surface area contributed by atoms with Crippen molar-refractivity contribution in [1.29, 1.82) is 0 Å². The molecule has 0 amide bonds. The van der Waals surface area contributed by atoms with Crippen LogP contribution in [0.4, 0.5) is 0 Å². The van der Waals surface area contributed by atoms with Gasteiger partial charge < -0.3 is 5.32 Å². The topological polar surface area (TPSA) is 29.1 Å². The summed E-state index contributed by atoms with van der Waals surface area (Å²) in [6.07, 6.45) is 5.53. The van der Waals surface area contributed by atoms with Crippen LogP contribution in [0.15, 0.2) is 38.9 Å². The Morgan fingerprint density at radius 3 is 2.84 bits per heavy atom. The fourth-order valence-electron chi connectivity index (χ4n) is 2.56. The normalized spacial score (nSPS) is 21.6. The fraction of sp³-hybridized carbons (Fsp3) is 0.214. The highest BCUT2D eigenvalue weighted by molar-refractivity contribution is 9.12. The van der Waals surface area contributed by atoms with Crippen molar-refractivity contribution in [3.8, 4) is 0 Å². The van der Waals surface area contributed by atoms with E-state index in [9.17, 15) is 4.79 Å². The van der Waals surface area contributed by atoms with Crippen molar-refractivity contribution < 1.29 is 4.79 Å². The lowest BCUT2D eigenvalue weighted by Gasteiger charge is -2.21. The molecule has 19 heavy (non-hydrogen) atoms. The number of Topliss-reactive ketones (excluding diaryl/α,β-unsaturated/α-hetero) is 1. The Labute approximate surface area is 133 Å². The molecule has 0 radical (unpaired) electrons. The molecule has 1 atom stereocenters. The van der Waals surface area contributed by atoms with E-state index in [0.717, 1.165) is 38.5 Å². The molecule has 5 heteroatoms. The lowest BCUT2D eigenvalue weighted by Crippen LogP contribution is -2.36. The standard InChI is InChI=1S/C14H10Br2ClNO/c15-9-3-8-2-1-7-4-10(17)5-11(16)12(7)14(19)13(8)18-6-9/h3-6,13,18H,1-2H2. The van der Waals surface area contributed by atoms with Gasteiger partial charge in [-0.15, -0.1) is 0 Å². The van der Waals surface area contributed by atoms with Gasteiger partial charge in [-0.3, -0.25) is 4.79 Å². The van der Waals surface area contributed by atoms with Crippen molar-refractivity contribution >= 4 is 49.2 Å². The van der Waals surface area contributed by atoms with E-state index in [1.807, 2.05) is 18.3 Å². The van der Waals surface area contributed by atoms with Gasteiger partial charge in [-0.2, -0.15) is 0 Å². The van der Waals surface area contributed by atoms with E-state index in [1.54, 1.807) is 6.07 Å². The summed E-state index contributed by atoms with van der Waals surface area (Å²) in [4.78, 5) is 12.7. The molecular formula is C14H10Br2ClNO. The highest BCUT2D eigenvalue weighted by Crippen LogP contribution is 2.34. The zero-order chi connectivity index (χ0) is 13.6. The number of carbonyl (C=O) groups excluding carboxylic acids is 1. The highest BCUT2D eigenvalue weighted by Gasteiger charge is 2.31. The number of allylic oxidation sites excluding steroid dienone is 2. The first-order chi connectivity index (χ1) is 9.06. The molecule has 0 saturated heterocycles. The molecule has 0 bridgehead atoms. The van der Waals surface area contributed by atoms with Crippen LogP contribution in [0.3, 0.4) is 0 Å². The van der Waals surface area contributed by atoms with Gasteiger partial charge in [-0.05, 0) is 74.0 Å². The van der Waals surface area contributed by atoms with Crippen LogP contribution in [0.1, 0.15) is 22.3 Å². The summed E-state index contributed by atoms with van der Waals surface area (Å²) in [7, 11) is 0. The number of nitrogens with one attached hydrogen (secondary N) is 1. The summed E-state index contributed by atoms with van der Waals surface area (Å²) in [5, 5.41) is 3.82. The molecule has 0 fully saturated rings. The quantitative estimate of drug-likeness (QED) is 0.697. The predicted molar refractivity (Wildman–Crippen MR) is 83.8 cm³/mol. The number of benzene rings is 1. The second kappa shape index (κ2) is 5.08. The maximum atomic E-state index is 12.7. The van der Waals surface area contributed by atoms with Crippen LogP contribution in [0, 0.1) is 0 Å². The van der Waals surface area contributed by atoms with Gasteiger partial charge >= 0.3 is 0 Å². The van der Waals surface area contributed by atoms with Crippen molar-refractivity contribution in [2.75, 3.05) is 0 Å². The molecule has 0 aromatic heterocycles. The average Bonchev–Trinajstić information content (AvgIpc) is 2.47. The summed E-state index contributed by atoms with van der Waals surface area (Å²) in [6, 6.07) is 3.40. The second-order valence-electron chi connectivity index (χ2n) is 4.63. The van der Waals surface area contributed by atoms with Gasteiger partial charge in [0.15, 0.2) is 5.78 Å². The summed E-state index contributed by atoms with van der Waals surface area (Å²) >= 11 is 13.0. The average molecular weight is 404 g/mol. The van der Waals surface area contributed by atoms with Gasteiger partial charge in [-0.1, -0.05) is 11.6 Å². The predicted octanol–water partition coefficient (Wildman–Crippen LogP) is 4.37. The minimum Gasteiger partial charge on any atom is -0.377 e. The minimum atomic E-state index is -0.264. The van der Waals surface area contributed by atoms with E-state index in [-0.39, 0.29) is 11.8 Å². The summed E-state index contributed by atoms with van der Waals surface area (Å²) in [5.74, 6) is 0.0959.